The minimum absolute atomic E-state index is 0.0414. The van der Waals surface area contributed by atoms with Crippen molar-refractivity contribution in [1.82, 2.24) is 15.2 Å². The van der Waals surface area contributed by atoms with E-state index >= 15 is 0 Å². The number of aromatic nitrogens is 1. The molecule has 43 heavy (non-hydrogen) atoms. The molecule has 4 aromatic rings. The first-order valence-electron chi connectivity index (χ1n) is 14.3. The summed E-state index contributed by atoms with van der Waals surface area (Å²) in [5, 5.41) is 3.25. The number of carbonyl (C=O) groups excluding carboxylic acids is 3. The van der Waals surface area contributed by atoms with Gasteiger partial charge in [-0.05, 0) is 48.9 Å². The number of rotatable bonds is 11. The van der Waals surface area contributed by atoms with Crippen molar-refractivity contribution in [1.29, 1.82) is 0 Å². The van der Waals surface area contributed by atoms with Crippen LogP contribution in [0.2, 0.25) is 0 Å². The van der Waals surface area contributed by atoms with Crippen molar-refractivity contribution in [2.24, 2.45) is 22.2 Å². The summed E-state index contributed by atoms with van der Waals surface area (Å²) in [4.78, 5) is 51.9. The second kappa shape index (κ2) is 13.1. The van der Waals surface area contributed by atoms with Gasteiger partial charge in [-0.15, -0.1) is 11.3 Å². The first-order valence-corrected chi connectivity index (χ1v) is 15.1. The summed E-state index contributed by atoms with van der Waals surface area (Å²) in [7, 11) is 0. The van der Waals surface area contributed by atoms with E-state index in [-0.39, 0.29) is 17.6 Å². The fraction of sp³-hybridized carbons (Fsp3) is 0.281. The quantitative estimate of drug-likeness (QED) is 0.0891. The maximum Gasteiger partial charge on any atom is 0.252 e. The van der Waals surface area contributed by atoms with Crippen molar-refractivity contribution in [3.8, 4) is 0 Å². The van der Waals surface area contributed by atoms with Gasteiger partial charge >= 0.3 is 0 Å². The number of likely N-dealkylation sites (tertiary alicyclic amines) is 1. The average Bonchev–Trinajstić information content (AvgIpc) is 3.70. The second-order valence-corrected chi connectivity index (χ2v) is 11.6. The minimum Gasteiger partial charge on any atom is -0.370 e. The summed E-state index contributed by atoms with van der Waals surface area (Å²) in [5.41, 5.74) is 18.4. The number of benzene rings is 3. The van der Waals surface area contributed by atoms with E-state index in [1.165, 1.54) is 11.3 Å². The number of nitrogens with two attached hydrogens (primary N) is 3. The van der Waals surface area contributed by atoms with Crippen molar-refractivity contribution < 1.29 is 14.4 Å². The Morgan fingerprint density at radius 2 is 1.60 bits per heavy atom. The lowest BCUT2D eigenvalue weighted by Gasteiger charge is -2.36. The van der Waals surface area contributed by atoms with Gasteiger partial charge in [0.05, 0.1) is 16.3 Å². The van der Waals surface area contributed by atoms with Gasteiger partial charge in [-0.1, -0.05) is 72.8 Å². The van der Waals surface area contributed by atoms with Crippen LogP contribution in [0, 0.1) is 0 Å². The monoisotopic (exact) mass is 597 g/mol. The molecule has 2 heterocycles. The van der Waals surface area contributed by atoms with E-state index in [2.05, 4.69) is 15.3 Å². The van der Waals surface area contributed by atoms with Gasteiger partial charge in [-0.25, -0.2) is 4.98 Å². The van der Waals surface area contributed by atoms with E-state index in [0.717, 1.165) is 10.2 Å². The number of para-hydroxylation sites is 1. The van der Waals surface area contributed by atoms with Gasteiger partial charge in [-0.2, -0.15) is 0 Å². The molecule has 3 aromatic carbocycles. The molecule has 1 aliphatic rings. The number of thiazole rings is 1. The highest BCUT2D eigenvalue weighted by atomic mass is 32.1. The molecule has 1 fully saturated rings. The van der Waals surface area contributed by atoms with Crippen LogP contribution in [-0.4, -0.2) is 58.6 Å². The van der Waals surface area contributed by atoms with Gasteiger partial charge in [0.15, 0.2) is 11.0 Å². The Kier molecular flexibility index (Phi) is 9.13. The van der Waals surface area contributed by atoms with E-state index in [4.69, 9.17) is 17.2 Å². The normalized spacial score (nSPS) is 15.7. The lowest BCUT2D eigenvalue weighted by atomic mass is 9.82. The van der Waals surface area contributed by atoms with Crippen molar-refractivity contribution >= 4 is 45.1 Å². The smallest absolute Gasteiger partial charge is 0.252 e. The maximum atomic E-state index is 14.3. The number of nitrogens with one attached hydrogen (secondary N) is 1. The molecule has 0 saturated carbocycles. The molecule has 1 unspecified atom stereocenters. The average molecular weight is 598 g/mol. The van der Waals surface area contributed by atoms with Crippen molar-refractivity contribution in [2.75, 3.05) is 13.1 Å². The summed E-state index contributed by atoms with van der Waals surface area (Å²) < 4.78 is 0.880. The molecule has 1 saturated heterocycles. The first kappa shape index (κ1) is 29.9. The lowest BCUT2D eigenvalue weighted by molar-refractivity contribution is -0.142. The summed E-state index contributed by atoms with van der Waals surface area (Å²) in [6, 6.07) is 24.2. The fourth-order valence-corrected chi connectivity index (χ4v) is 6.45. The molecular formula is C32H35N7O3S. The van der Waals surface area contributed by atoms with E-state index < -0.39 is 23.5 Å². The van der Waals surface area contributed by atoms with Gasteiger partial charge in [0.1, 0.15) is 11.6 Å². The molecule has 2 atom stereocenters. The molecule has 1 aliphatic heterocycles. The molecule has 10 nitrogen and oxygen atoms in total. The van der Waals surface area contributed by atoms with Crippen LogP contribution >= 0.6 is 11.3 Å². The standard InChI is InChI=1S/C32H35N7O3S/c33-31(34)36-19-9-16-24(27(40)29-38-23-15-7-8-18-26(23)43-29)37-28(41)25-17-10-20-39(25)30(42)32(35,21-11-3-1-4-12-21)22-13-5-2-6-14-22/h1-8,11-15,18,24-25H,9-10,16-17,19-20,35H2,(H,37,41)(H4,33,34,36)/t24?,25-/m0/s1. The Balaban J connectivity index is 1.40. The molecule has 2 amide bonds. The number of hydrogen-bond donors (Lipinski definition) is 4. The largest absolute Gasteiger partial charge is 0.370 e. The van der Waals surface area contributed by atoms with Gasteiger partial charge in [0, 0.05) is 13.1 Å². The predicted molar refractivity (Wildman–Crippen MR) is 168 cm³/mol. The van der Waals surface area contributed by atoms with Crippen LogP contribution < -0.4 is 22.5 Å². The summed E-state index contributed by atoms with van der Waals surface area (Å²) in [6.45, 7) is 0.677. The summed E-state index contributed by atoms with van der Waals surface area (Å²) in [5.74, 6) is -1.11. The van der Waals surface area contributed by atoms with Gasteiger partial charge in [-0.3, -0.25) is 19.4 Å². The predicted octanol–water partition coefficient (Wildman–Crippen LogP) is 2.91. The molecule has 7 N–H and O–H groups in total. The van der Waals surface area contributed by atoms with Gasteiger partial charge in [0.2, 0.25) is 11.7 Å². The van der Waals surface area contributed by atoms with Crippen molar-refractivity contribution in [3.63, 3.8) is 0 Å². The van der Waals surface area contributed by atoms with Crippen LogP contribution in [-0.2, 0) is 15.1 Å². The molecule has 0 radical (unpaired) electrons. The molecule has 222 valence electrons. The number of ketones is 1. The van der Waals surface area contributed by atoms with Gasteiger partial charge in [0.25, 0.3) is 5.91 Å². The molecule has 5 rings (SSSR count). The molecule has 0 bridgehead atoms. The third-order valence-corrected chi connectivity index (χ3v) is 8.75. The summed E-state index contributed by atoms with van der Waals surface area (Å²) in [6.07, 6.45) is 1.84. The van der Waals surface area contributed by atoms with Crippen molar-refractivity contribution in [2.45, 2.75) is 43.3 Å². The Bertz CT molecular complexity index is 1550. The zero-order valence-corrected chi connectivity index (χ0v) is 24.5. The van der Waals surface area contributed by atoms with Crippen LogP contribution in [0.4, 0.5) is 0 Å². The SMILES string of the molecule is NC(N)=NCCCC(NC(=O)[C@@H]1CCCN1C(=O)C(N)(c1ccccc1)c1ccccc1)C(=O)c1nc2ccccc2s1. The van der Waals surface area contributed by atoms with Crippen LogP contribution in [0.1, 0.15) is 46.6 Å². The highest BCUT2D eigenvalue weighted by Crippen LogP contribution is 2.32. The number of aliphatic imine (C=N–C) groups is 1. The molecule has 11 heteroatoms. The van der Waals surface area contributed by atoms with Crippen LogP contribution in [0.5, 0.6) is 0 Å². The van der Waals surface area contributed by atoms with Crippen LogP contribution in [0.3, 0.4) is 0 Å². The lowest BCUT2D eigenvalue weighted by Crippen LogP contribution is -2.58. The summed E-state index contributed by atoms with van der Waals surface area (Å²) >= 11 is 1.28. The Morgan fingerprint density at radius 3 is 2.23 bits per heavy atom. The Morgan fingerprint density at radius 1 is 0.977 bits per heavy atom. The Labute approximate surface area is 254 Å². The van der Waals surface area contributed by atoms with E-state index in [9.17, 15) is 14.4 Å². The number of Topliss-reactive ketones (excluding diaryl/α,β-unsaturated/α-hetero) is 1. The first-order chi connectivity index (χ1) is 20.8. The number of carbonyl (C=O) groups is 3. The second-order valence-electron chi connectivity index (χ2n) is 10.6. The minimum atomic E-state index is -1.50. The van der Waals surface area contributed by atoms with E-state index in [0.29, 0.717) is 54.9 Å². The third kappa shape index (κ3) is 6.42. The number of fused-ring (bicyclic) bond motifs is 1. The molecular weight excluding hydrogens is 562 g/mol. The fourth-order valence-electron chi connectivity index (χ4n) is 5.49. The van der Waals surface area contributed by atoms with Gasteiger partial charge < -0.3 is 27.4 Å². The number of amides is 2. The molecule has 0 spiro atoms. The van der Waals surface area contributed by atoms with Crippen LogP contribution in [0.15, 0.2) is 89.9 Å². The van der Waals surface area contributed by atoms with E-state index in [1.807, 2.05) is 84.9 Å². The number of guanidine groups is 1. The number of nitrogens with zero attached hydrogens (tertiary/aromatic N) is 3. The number of hydrogen-bond acceptors (Lipinski definition) is 7. The topological polar surface area (TPSA) is 170 Å². The zero-order valence-electron chi connectivity index (χ0n) is 23.7. The zero-order chi connectivity index (χ0) is 30.4. The van der Waals surface area contributed by atoms with Crippen LogP contribution in [0.25, 0.3) is 10.2 Å². The van der Waals surface area contributed by atoms with Crippen molar-refractivity contribution in [3.05, 3.63) is 101 Å². The van der Waals surface area contributed by atoms with E-state index in [1.54, 1.807) is 4.90 Å². The highest BCUT2D eigenvalue weighted by molar-refractivity contribution is 7.20. The maximum absolute atomic E-state index is 14.3. The Hall–Kier alpha value is -4.61. The highest BCUT2D eigenvalue weighted by Gasteiger charge is 2.46. The third-order valence-electron chi connectivity index (χ3n) is 7.69. The molecule has 0 aliphatic carbocycles. The molecule has 1 aromatic heterocycles.